The minimum atomic E-state index is -0.267. The summed E-state index contributed by atoms with van der Waals surface area (Å²) >= 11 is 1.65. The smallest absolute Gasteiger partial charge is 0.239 e. The van der Waals surface area contributed by atoms with Crippen LogP contribution in [0.15, 0.2) is 53.0 Å². The average molecular weight is 464 g/mol. The molecule has 0 radical (unpaired) electrons. The third kappa shape index (κ3) is 4.58. The van der Waals surface area contributed by atoms with Crippen LogP contribution in [0.1, 0.15) is 69.7 Å². The number of amides is 1. The lowest BCUT2D eigenvalue weighted by atomic mass is 9.74. The standard InChI is InChI=1S/C27H33N3O2S/c1-27(2)15-20-25(22(31)16-27)26(23-13-8-14-33-23)30(21-12-7-6-11-19(21)29-20)17-24(32)28-18-9-4-3-5-10-18/h6-8,11-14,18,26,29H,3-5,9-10,15-17H2,1-2H3,(H,28,32). The van der Waals surface area contributed by atoms with Gasteiger partial charge in [0.2, 0.25) is 5.91 Å². The number of hydrogen-bond donors (Lipinski definition) is 2. The van der Waals surface area contributed by atoms with Crippen molar-refractivity contribution in [2.75, 3.05) is 16.8 Å². The summed E-state index contributed by atoms with van der Waals surface area (Å²) in [6.45, 7) is 4.54. The number of benzene rings is 1. The van der Waals surface area contributed by atoms with Crippen molar-refractivity contribution in [3.8, 4) is 0 Å². The fourth-order valence-corrected chi connectivity index (χ4v) is 6.49. The molecule has 33 heavy (non-hydrogen) atoms. The fraction of sp³-hybridized carbons (Fsp3) is 0.481. The summed E-state index contributed by atoms with van der Waals surface area (Å²) in [5.74, 6) is 0.212. The van der Waals surface area contributed by atoms with Crippen LogP contribution in [-0.2, 0) is 9.59 Å². The lowest BCUT2D eigenvalue weighted by Gasteiger charge is -2.37. The maximum absolute atomic E-state index is 13.6. The van der Waals surface area contributed by atoms with Crippen molar-refractivity contribution in [1.29, 1.82) is 0 Å². The highest BCUT2D eigenvalue weighted by atomic mass is 32.1. The first-order valence-corrected chi connectivity index (χ1v) is 13.0. The monoisotopic (exact) mass is 463 g/mol. The van der Waals surface area contributed by atoms with E-state index < -0.39 is 0 Å². The molecule has 5 nitrogen and oxygen atoms in total. The van der Waals surface area contributed by atoms with E-state index in [2.05, 4.69) is 53.0 Å². The van der Waals surface area contributed by atoms with Crippen LogP contribution in [0.25, 0.3) is 0 Å². The summed E-state index contributed by atoms with van der Waals surface area (Å²) in [4.78, 5) is 30.1. The number of nitrogens with one attached hydrogen (secondary N) is 2. The van der Waals surface area contributed by atoms with E-state index in [1.54, 1.807) is 11.3 Å². The Labute approximate surface area is 200 Å². The third-order valence-corrected chi connectivity index (χ3v) is 8.03. The van der Waals surface area contributed by atoms with Crippen LogP contribution < -0.4 is 15.5 Å². The van der Waals surface area contributed by atoms with E-state index >= 15 is 0 Å². The van der Waals surface area contributed by atoms with Crippen molar-refractivity contribution in [2.24, 2.45) is 5.41 Å². The Balaban J connectivity index is 1.57. The van der Waals surface area contributed by atoms with E-state index in [4.69, 9.17) is 0 Å². The number of thiophene rings is 1. The first-order valence-electron chi connectivity index (χ1n) is 12.1. The van der Waals surface area contributed by atoms with Gasteiger partial charge in [-0.1, -0.05) is 51.3 Å². The zero-order valence-electron chi connectivity index (χ0n) is 19.5. The Morgan fingerprint density at radius 3 is 2.67 bits per heavy atom. The Morgan fingerprint density at radius 1 is 1.12 bits per heavy atom. The van der Waals surface area contributed by atoms with Crippen LogP contribution in [0, 0.1) is 5.41 Å². The molecule has 1 aromatic carbocycles. The maximum atomic E-state index is 13.6. The number of ketones is 1. The summed E-state index contributed by atoms with van der Waals surface area (Å²) < 4.78 is 0. The molecule has 1 atom stereocenters. The molecule has 0 bridgehead atoms. The second-order valence-corrected chi connectivity index (χ2v) is 11.4. The fourth-order valence-electron chi connectivity index (χ4n) is 5.64. The van der Waals surface area contributed by atoms with Gasteiger partial charge in [0.15, 0.2) is 5.78 Å². The van der Waals surface area contributed by atoms with Gasteiger partial charge >= 0.3 is 0 Å². The second-order valence-electron chi connectivity index (χ2n) is 10.4. The predicted octanol–water partition coefficient (Wildman–Crippen LogP) is 5.81. The van der Waals surface area contributed by atoms with Crippen molar-refractivity contribution in [1.82, 2.24) is 5.32 Å². The normalized spacial score (nSPS) is 22.8. The average Bonchev–Trinajstić information content (AvgIpc) is 3.26. The summed E-state index contributed by atoms with van der Waals surface area (Å²) in [5.41, 5.74) is 3.65. The van der Waals surface area contributed by atoms with Crippen LogP contribution in [0.5, 0.6) is 0 Å². The van der Waals surface area contributed by atoms with Gasteiger partial charge in [-0.25, -0.2) is 0 Å². The van der Waals surface area contributed by atoms with Gasteiger partial charge in [0.05, 0.1) is 24.0 Å². The summed E-state index contributed by atoms with van der Waals surface area (Å²) in [6, 6.07) is 12.2. The number of hydrogen-bond acceptors (Lipinski definition) is 5. The maximum Gasteiger partial charge on any atom is 0.239 e. The molecule has 1 amide bonds. The molecular formula is C27H33N3O2S. The molecule has 5 rings (SSSR count). The lowest BCUT2D eigenvalue weighted by Crippen LogP contribution is -2.45. The minimum Gasteiger partial charge on any atom is -0.357 e. The van der Waals surface area contributed by atoms with E-state index in [0.717, 1.165) is 46.8 Å². The van der Waals surface area contributed by atoms with Gasteiger partial charge in [-0.3, -0.25) is 9.59 Å². The zero-order chi connectivity index (χ0) is 23.0. The molecule has 3 aliphatic rings. The number of carbonyl (C=O) groups excluding carboxylic acids is 2. The topological polar surface area (TPSA) is 61.4 Å². The Bertz CT molecular complexity index is 1070. The molecule has 0 saturated heterocycles. The molecule has 1 unspecified atom stereocenters. The Hall–Kier alpha value is -2.60. The van der Waals surface area contributed by atoms with Gasteiger partial charge in [-0.05, 0) is 48.3 Å². The summed E-state index contributed by atoms with van der Waals surface area (Å²) in [7, 11) is 0. The Morgan fingerprint density at radius 2 is 1.91 bits per heavy atom. The van der Waals surface area contributed by atoms with Crippen LogP contribution in [0.4, 0.5) is 11.4 Å². The van der Waals surface area contributed by atoms with Gasteiger partial charge in [0.25, 0.3) is 0 Å². The van der Waals surface area contributed by atoms with Crippen molar-refractivity contribution in [3.05, 3.63) is 57.9 Å². The molecule has 6 heteroatoms. The highest BCUT2D eigenvalue weighted by Gasteiger charge is 2.42. The third-order valence-electron chi connectivity index (χ3n) is 7.10. The number of Topliss-reactive ketones (excluding diaryl/α,β-unsaturated/α-hetero) is 1. The summed E-state index contributed by atoms with van der Waals surface area (Å²) in [5, 5.41) is 8.95. The number of carbonyl (C=O) groups is 2. The van der Waals surface area contributed by atoms with Crippen molar-refractivity contribution in [2.45, 2.75) is 70.9 Å². The Kier molecular flexibility index (Phi) is 6.04. The van der Waals surface area contributed by atoms with Crippen LogP contribution in [0.3, 0.4) is 0 Å². The van der Waals surface area contributed by atoms with E-state index in [-0.39, 0.29) is 35.7 Å². The number of para-hydroxylation sites is 2. The molecule has 2 N–H and O–H groups in total. The van der Waals surface area contributed by atoms with Crippen LogP contribution in [0.2, 0.25) is 0 Å². The molecule has 1 aromatic heterocycles. The van der Waals surface area contributed by atoms with Gasteiger partial charge in [0.1, 0.15) is 0 Å². The molecule has 2 heterocycles. The number of anilines is 2. The number of nitrogens with zero attached hydrogens (tertiary/aromatic N) is 1. The first kappa shape index (κ1) is 22.2. The van der Waals surface area contributed by atoms with Gasteiger partial charge in [-0.2, -0.15) is 0 Å². The minimum absolute atomic E-state index is 0.0332. The molecule has 1 saturated carbocycles. The lowest BCUT2D eigenvalue weighted by molar-refractivity contribution is -0.121. The first-order chi connectivity index (χ1) is 15.9. The van der Waals surface area contributed by atoms with E-state index in [9.17, 15) is 9.59 Å². The van der Waals surface area contributed by atoms with Gasteiger partial charge in [-0.15, -0.1) is 11.3 Å². The number of rotatable bonds is 4. The largest absolute Gasteiger partial charge is 0.357 e. The predicted molar refractivity (Wildman–Crippen MR) is 135 cm³/mol. The molecule has 0 spiro atoms. The van der Waals surface area contributed by atoms with Gasteiger partial charge < -0.3 is 15.5 Å². The van der Waals surface area contributed by atoms with Crippen molar-refractivity contribution in [3.63, 3.8) is 0 Å². The molecule has 174 valence electrons. The van der Waals surface area contributed by atoms with E-state index in [0.29, 0.717) is 6.42 Å². The molecule has 2 aliphatic carbocycles. The zero-order valence-corrected chi connectivity index (χ0v) is 20.3. The highest BCUT2D eigenvalue weighted by molar-refractivity contribution is 7.10. The van der Waals surface area contributed by atoms with Crippen LogP contribution in [-0.4, -0.2) is 24.3 Å². The van der Waals surface area contributed by atoms with Crippen LogP contribution >= 0.6 is 11.3 Å². The quantitative estimate of drug-likeness (QED) is 0.600. The molecule has 1 fully saturated rings. The highest BCUT2D eigenvalue weighted by Crippen LogP contribution is 2.48. The van der Waals surface area contributed by atoms with E-state index in [1.807, 2.05) is 18.2 Å². The SMILES string of the molecule is CC1(C)CC(=O)C2=C(C1)Nc1ccccc1N(CC(=O)NC1CCCCC1)C2c1cccs1. The number of allylic oxidation sites excluding steroid dienone is 1. The van der Waals surface area contributed by atoms with Crippen molar-refractivity contribution < 1.29 is 9.59 Å². The number of fused-ring (bicyclic) bond motifs is 1. The van der Waals surface area contributed by atoms with Crippen molar-refractivity contribution >= 4 is 34.4 Å². The molecule has 1 aliphatic heterocycles. The van der Waals surface area contributed by atoms with Gasteiger partial charge in [0, 0.05) is 28.6 Å². The van der Waals surface area contributed by atoms with E-state index in [1.165, 1.54) is 19.3 Å². The summed E-state index contributed by atoms with van der Waals surface area (Å²) in [6.07, 6.45) is 7.06. The second kappa shape index (κ2) is 8.98. The molecule has 2 aromatic rings. The molecular weight excluding hydrogens is 430 g/mol.